The zero-order valence-electron chi connectivity index (χ0n) is 24.3. The van der Waals surface area contributed by atoms with Gasteiger partial charge in [0.05, 0.1) is 28.2 Å². The van der Waals surface area contributed by atoms with Gasteiger partial charge in [-0.1, -0.05) is 74.5 Å². The molecule has 0 saturated carbocycles. The molecule has 2 unspecified atom stereocenters. The average Bonchev–Trinajstić information content (AvgIpc) is 2.91. The van der Waals surface area contributed by atoms with Crippen molar-refractivity contribution in [3.63, 3.8) is 0 Å². The summed E-state index contributed by atoms with van der Waals surface area (Å²) in [7, 11) is 8.57. The highest BCUT2D eigenvalue weighted by Gasteiger charge is 2.22. The van der Waals surface area contributed by atoms with Crippen molar-refractivity contribution >= 4 is 0 Å². The lowest BCUT2D eigenvalue weighted by Gasteiger charge is -2.21. The van der Waals surface area contributed by atoms with Crippen molar-refractivity contribution in [1.82, 2.24) is 0 Å². The van der Waals surface area contributed by atoms with Crippen LogP contribution in [0.25, 0.3) is 0 Å². The molecule has 4 aromatic carbocycles. The Balaban J connectivity index is 1.81. The van der Waals surface area contributed by atoms with Crippen LogP contribution >= 0.6 is 0 Å². The van der Waals surface area contributed by atoms with E-state index in [0.717, 1.165) is 35.3 Å². The summed E-state index contributed by atoms with van der Waals surface area (Å²) in [6, 6.07) is 29.2. The van der Waals surface area contributed by atoms with Gasteiger partial charge in [0.2, 0.25) is 0 Å². The molecule has 0 aromatic heterocycles. The van der Waals surface area contributed by atoms with Gasteiger partial charge in [-0.05, 0) is 46.5 Å². The maximum Gasteiger partial charge on any atom is 0.122 e. The molecule has 0 aliphatic rings. The molecule has 204 valence electrons. The fraction of sp³-hybridized carbons (Fsp3) is 0.314. The SMILES string of the molecule is CC(c1ccccc1)c1cc(C[NH+](C)C)cc(Cc2cc(C[NH+](C)C)cc(C(C)c3ccccc3)c2O)c1O. The molecule has 4 nitrogen and oxygen atoms in total. The average molecular weight is 525 g/mol. The van der Waals surface area contributed by atoms with Crippen LogP contribution < -0.4 is 9.80 Å². The first kappa shape index (κ1) is 28.4. The molecule has 4 heteroatoms. The number of aromatic hydroxyl groups is 2. The molecule has 39 heavy (non-hydrogen) atoms. The van der Waals surface area contributed by atoms with E-state index in [1.165, 1.54) is 32.1 Å². The van der Waals surface area contributed by atoms with Crippen molar-refractivity contribution < 1.29 is 20.0 Å². The van der Waals surface area contributed by atoms with E-state index in [1.54, 1.807) is 0 Å². The maximum absolute atomic E-state index is 11.6. The minimum absolute atomic E-state index is 0.0491. The summed E-state index contributed by atoms with van der Waals surface area (Å²) >= 11 is 0. The molecule has 0 amide bonds. The highest BCUT2D eigenvalue weighted by molar-refractivity contribution is 5.54. The second-order valence-corrected chi connectivity index (χ2v) is 11.6. The second kappa shape index (κ2) is 12.5. The van der Waals surface area contributed by atoms with Gasteiger partial charge in [0.1, 0.15) is 24.6 Å². The minimum atomic E-state index is 0.0491. The first-order valence-electron chi connectivity index (χ1n) is 14.0. The van der Waals surface area contributed by atoms with Gasteiger partial charge in [-0.3, -0.25) is 0 Å². The Bertz CT molecular complexity index is 1270. The van der Waals surface area contributed by atoms with Crippen LogP contribution in [0.1, 0.15) is 70.2 Å². The van der Waals surface area contributed by atoms with Crippen molar-refractivity contribution in [3.8, 4) is 11.5 Å². The zero-order chi connectivity index (χ0) is 28.1. The Morgan fingerprint density at radius 1 is 0.564 bits per heavy atom. The standard InChI is InChI=1S/C35H42N2O2/c1-24(28-13-9-7-10-14-28)32-19-26(22-36(3)4)17-30(34(32)38)21-31-18-27(23-37(5)6)20-33(35(31)39)25(2)29-15-11-8-12-16-29/h7-20,24-25,38-39H,21-23H2,1-6H3/p+2. The Morgan fingerprint density at radius 3 is 1.26 bits per heavy atom. The summed E-state index contributed by atoms with van der Waals surface area (Å²) in [6.07, 6.45) is 0.466. The number of phenolic OH excluding ortho intramolecular Hbond substituents is 2. The van der Waals surface area contributed by atoms with Gasteiger partial charge in [0, 0.05) is 40.5 Å². The highest BCUT2D eigenvalue weighted by atomic mass is 16.3. The fourth-order valence-electron chi connectivity index (χ4n) is 5.57. The third-order valence-corrected chi connectivity index (χ3v) is 7.58. The topological polar surface area (TPSA) is 49.3 Å². The Hall–Kier alpha value is -3.60. The molecule has 0 radical (unpaired) electrons. The maximum atomic E-state index is 11.6. The Kier molecular flexibility index (Phi) is 9.11. The van der Waals surface area contributed by atoms with Crippen molar-refractivity contribution in [2.24, 2.45) is 0 Å². The molecule has 4 N–H and O–H groups in total. The molecular weight excluding hydrogens is 480 g/mol. The van der Waals surface area contributed by atoms with E-state index in [2.05, 4.69) is 90.6 Å². The summed E-state index contributed by atoms with van der Waals surface area (Å²) in [5, 5.41) is 23.2. The highest BCUT2D eigenvalue weighted by Crippen LogP contribution is 2.39. The van der Waals surface area contributed by atoms with Crippen LogP contribution in [0.15, 0.2) is 84.9 Å². The summed E-state index contributed by atoms with van der Waals surface area (Å²) in [6.45, 7) is 6.01. The molecule has 4 rings (SSSR count). The number of rotatable bonds is 10. The van der Waals surface area contributed by atoms with Gasteiger partial charge < -0.3 is 20.0 Å². The third kappa shape index (κ3) is 6.89. The van der Waals surface area contributed by atoms with Gasteiger partial charge in [-0.25, -0.2) is 0 Å². The molecule has 0 aliphatic carbocycles. The number of benzene rings is 4. The third-order valence-electron chi connectivity index (χ3n) is 7.58. The van der Waals surface area contributed by atoms with Gasteiger partial charge in [-0.15, -0.1) is 0 Å². The molecule has 0 spiro atoms. The molecular formula is C35H44N2O2+2. The largest absolute Gasteiger partial charge is 0.507 e. The fourth-order valence-corrected chi connectivity index (χ4v) is 5.57. The van der Waals surface area contributed by atoms with Crippen molar-refractivity contribution in [2.45, 2.75) is 45.2 Å². The van der Waals surface area contributed by atoms with Crippen LogP contribution in [0.4, 0.5) is 0 Å². The van der Waals surface area contributed by atoms with Crippen molar-refractivity contribution in [3.05, 3.63) is 129 Å². The van der Waals surface area contributed by atoms with Crippen LogP contribution in [0.2, 0.25) is 0 Å². The first-order valence-corrected chi connectivity index (χ1v) is 14.0. The lowest BCUT2D eigenvalue weighted by Crippen LogP contribution is -3.04. The second-order valence-electron chi connectivity index (χ2n) is 11.6. The van der Waals surface area contributed by atoms with Crippen molar-refractivity contribution in [2.75, 3.05) is 28.2 Å². The smallest absolute Gasteiger partial charge is 0.122 e. The van der Waals surface area contributed by atoms with Crippen LogP contribution in [0.5, 0.6) is 11.5 Å². The summed E-state index contributed by atoms with van der Waals surface area (Å²) < 4.78 is 0. The number of quaternary nitrogens is 2. The van der Waals surface area contributed by atoms with Crippen LogP contribution in [-0.2, 0) is 19.5 Å². The normalized spacial score (nSPS) is 13.1. The van der Waals surface area contributed by atoms with E-state index >= 15 is 0 Å². The quantitative estimate of drug-likeness (QED) is 0.250. The van der Waals surface area contributed by atoms with E-state index in [0.29, 0.717) is 17.9 Å². The molecule has 0 heterocycles. The van der Waals surface area contributed by atoms with Gasteiger partial charge in [0.15, 0.2) is 0 Å². The van der Waals surface area contributed by atoms with E-state index in [1.807, 2.05) is 36.4 Å². The molecule has 2 atom stereocenters. The summed E-state index contributed by atoms with van der Waals surface area (Å²) in [4.78, 5) is 2.64. The molecule has 4 aromatic rings. The van der Waals surface area contributed by atoms with Crippen LogP contribution in [0, 0.1) is 0 Å². The first-order chi connectivity index (χ1) is 18.6. The minimum Gasteiger partial charge on any atom is -0.507 e. The van der Waals surface area contributed by atoms with E-state index < -0.39 is 0 Å². The van der Waals surface area contributed by atoms with E-state index in [4.69, 9.17) is 0 Å². The predicted molar refractivity (Wildman–Crippen MR) is 160 cm³/mol. The van der Waals surface area contributed by atoms with Gasteiger partial charge >= 0.3 is 0 Å². The number of hydrogen-bond acceptors (Lipinski definition) is 2. The lowest BCUT2D eigenvalue weighted by atomic mass is 9.86. The number of hydrogen-bond donors (Lipinski definition) is 4. The summed E-state index contributed by atoms with van der Waals surface area (Å²) in [5.74, 6) is 0.745. The van der Waals surface area contributed by atoms with Crippen LogP contribution in [0.3, 0.4) is 0 Å². The Morgan fingerprint density at radius 2 is 0.923 bits per heavy atom. The van der Waals surface area contributed by atoms with Crippen molar-refractivity contribution in [1.29, 1.82) is 0 Å². The molecule has 0 aliphatic heterocycles. The predicted octanol–water partition coefficient (Wildman–Crippen LogP) is 4.28. The molecule has 0 bridgehead atoms. The van der Waals surface area contributed by atoms with E-state index in [9.17, 15) is 10.2 Å². The number of nitrogens with one attached hydrogen (secondary N) is 2. The lowest BCUT2D eigenvalue weighted by molar-refractivity contribution is -0.872. The Labute approximate surface area is 234 Å². The summed E-state index contributed by atoms with van der Waals surface area (Å²) in [5.41, 5.74) is 8.29. The zero-order valence-corrected chi connectivity index (χ0v) is 24.3. The van der Waals surface area contributed by atoms with E-state index in [-0.39, 0.29) is 11.8 Å². The monoisotopic (exact) mass is 524 g/mol. The van der Waals surface area contributed by atoms with Crippen LogP contribution in [-0.4, -0.2) is 38.4 Å². The molecule has 0 saturated heterocycles. The van der Waals surface area contributed by atoms with Gasteiger partial charge in [-0.2, -0.15) is 0 Å². The van der Waals surface area contributed by atoms with Gasteiger partial charge in [0.25, 0.3) is 0 Å². The molecule has 0 fully saturated rings. The number of phenols is 2.